The predicted molar refractivity (Wildman–Crippen MR) is 123 cm³/mol. The molecule has 1 heterocycles. The van der Waals surface area contributed by atoms with Crippen LogP contribution in [0.2, 0.25) is 0 Å². The quantitative estimate of drug-likeness (QED) is 0.576. The summed E-state index contributed by atoms with van der Waals surface area (Å²) < 4.78 is 1.93. The van der Waals surface area contributed by atoms with Crippen molar-refractivity contribution in [1.82, 2.24) is 9.78 Å². The molecule has 0 radical (unpaired) electrons. The lowest BCUT2D eigenvalue weighted by Crippen LogP contribution is -2.18. The Labute approximate surface area is 182 Å². The van der Waals surface area contributed by atoms with Crippen LogP contribution in [0.3, 0.4) is 0 Å². The summed E-state index contributed by atoms with van der Waals surface area (Å²) in [6.07, 6.45) is 5.13. The molecule has 0 bridgehead atoms. The van der Waals surface area contributed by atoms with Crippen molar-refractivity contribution in [2.45, 2.75) is 46.0 Å². The predicted octanol–water partition coefficient (Wildman–Crippen LogP) is 4.99. The maximum atomic E-state index is 13.1. The van der Waals surface area contributed by atoms with Gasteiger partial charge in [-0.15, -0.1) is 0 Å². The van der Waals surface area contributed by atoms with Gasteiger partial charge in [0.15, 0.2) is 5.69 Å². The summed E-state index contributed by atoms with van der Waals surface area (Å²) in [7, 11) is 0. The standard InChI is InChI=1S/C25H28N4O2/c1-17(2)24(30)26-18-13-15-19(16-14-18)27-25(31)23-21-11-7-4-8-12-22(21)29(28-23)20-9-5-3-6-10-20/h3,5-6,9-10,13-17H,4,7-8,11-12H2,1-2H3,(H,26,30)(H,27,31). The molecule has 2 amide bonds. The molecule has 2 N–H and O–H groups in total. The number of hydrogen-bond donors (Lipinski definition) is 2. The Hall–Kier alpha value is -3.41. The Balaban J connectivity index is 1.57. The number of anilines is 2. The Morgan fingerprint density at radius 1 is 0.871 bits per heavy atom. The van der Waals surface area contributed by atoms with Crippen LogP contribution < -0.4 is 10.6 Å². The molecule has 0 saturated heterocycles. The minimum Gasteiger partial charge on any atom is -0.326 e. The average molecular weight is 417 g/mol. The second kappa shape index (κ2) is 9.16. The van der Waals surface area contributed by atoms with Crippen molar-refractivity contribution in [2.24, 2.45) is 5.92 Å². The molecule has 0 spiro atoms. The number of benzene rings is 2. The highest BCUT2D eigenvalue weighted by molar-refractivity contribution is 6.04. The zero-order valence-electron chi connectivity index (χ0n) is 18.0. The van der Waals surface area contributed by atoms with Crippen molar-refractivity contribution in [3.8, 4) is 5.69 Å². The molecule has 0 atom stereocenters. The molecule has 160 valence electrons. The SMILES string of the molecule is CC(C)C(=O)Nc1ccc(NC(=O)c2nn(-c3ccccc3)c3c2CCCCC3)cc1. The van der Waals surface area contributed by atoms with Gasteiger partial charge in [0.1, 0.15) is 0 Å². The summed E-state index contributed by atoms with van der Waals surface area (Å²) in [6.45, 7) is 3.70. The normalized spacial score (nSPS) is 13.4. The van der Waals surface area contributed by atoms with Crippen molar-refractivity contribution < 1.29 is 9.59 Å². The van der Waals surface area contributed by atoms with E-state index in [1.807, 2.05) is 48.9 Å². The van der Waals surface area contributed by atoms with Crippen LogP contribution in [-0.2, 0) is 17.6 Å². The second-order valence-electron chi connectivity index (χ2n) is 8.26. The van der Waals surface area contributed by atoms with Gasteiger partial charge in [-0.3, -0.25) is 9.59 Å². The molecule has 2 aromatic carbocycles. The molecule has 3 aromatic rings. The number of amides is 2. The Morgan fingerprint density at radius 3 is 2.19 bits per heavy atom. The van der Waals surface area contributed by atoms with Crippen LogP contribution in [0.15, 0.2) is 54.6 Å². The number of aromatic nitrogens is 2. The first-order chi connectivity index (χ1) is 15.0. The summed E-state index contributed by atoms with van der Waals surface area (Å²) in [5.74, 6) is -0.327. The lowest BCUT2D eigenvalue weighted by Gasteiger charge is -2.09. The van der Waals surface area contributed by atoms with Gasteiger partial charge in [-0.25, -0.2) is 4.68 Å². The number of hydrogen-bond acceptors (Lipinski definition) is 3. The topological polar surface area (TPSA) is 76.0 Å². The van der Waals surface area contributed by atoms with Crippen molar-refractivity contribution in [3.63, 3.8) is 0 Å². The number of fused-ring (bicyclic) bond motifs is 1. The van der Waals surface area contributed by atoms with E-state index in [1.165, 1.54) is 0 Å². The third-order valence-electron chi connectivity index (χ3n) is 5.58. The van der Waals surface area contributed by atoms with E-state index in [0.717, 1.165) is 49.0 Å². The molecule has 0 fully saturated rings. The minimum atomic E-state index is -0.202. The van der Waals surface area contributed by atoms with Crippen molar-refractivity contribution in [3.05, 3.63) is 71.5 Å². The third kappa shape index (κ3) is 4.68. The number of nitrogens with zero attached hydrogens (tertiary/aromatic N) is 2. The van der Waals surface area contributed by atoms with Crippen LogP contribution >= 0.6 is 0 Å². The van der Waals surface area contributed by atoms with E-state index in [9.17, 15) is 9.59 Å². The molecular formula is C25H28N4O2. The molecule has 0 saturated carbocycles. The van der Waals surface area contributed by atoms with Crippen LogP contribution in [0.1, 0.15) is 54.9 Å². The third-order valence-corrected chi connectivity index (χ3v) is 5.58. The zero-order valence-corrected chi connectivity index (χ0v) is 18.0. The van der Waals surface area contributed by atoms with E-state index in [1.54, 1.807) is 24.3 Å². The van der Waals surface area contributed by atoms with E-state index in [0.29, 0.717) is 17.1 Å². The number of rotatable bonds is 5. The summed E-state index contributed by atoms with van der Waals surface area (Å²) in [5, 5.41) is 10.5. The first-order valence-electron chi connectivity index (χ1n) is 10.9. The fraction of sp³-hybridized carbons (Fsp3) is 0.320. The fourth-order valence-electron chi connectivity index (χ4n) is 3.85. The lowest BCUT2D eigenvalue weighted by atomic mass is 10.1. The fourth-order valence-corrected chi connectivity index (χ4v) is 3.85. The van der Waals surface area contributed by atoms with E-state index >= 15 is 0 Å². The van der Waals surface area contributed by atoms with Gasteiger partial charge in [0.25, 0.3) is 5.91 Å². The van der Waals surface area contributed by atoms with Gasteiger partial charge in [0, 0.05) is 28.6 Å². The molecule has 1 aliphatic rings. The van der Waals surface area contributed by atoms with Gasteiger partial charge in [-0.05, 0) is 62.1 Å². The highest BCUT2D eigenvalue weighted by Crippen LogP contribution is 2.27. The first kappa shape index (κ1) is 20.8. The average Bonchev–Trinajstić information content (AvgIpc) is 2.96. The molecule has 1 aliphatic carbocycles. The molecule has 6 nitrogen and oxygen atoms in total. The molecule has 1 aromatic heterocycles. The van der Waals surface area contributed by atoms with Gasteiger partial charge in [-0.2, -0.15) is 5.10 Å². The van der Waals surface area contributed by atoms with E-state index < -0.39 is 0 Å². The van der Waals surface area contributed by atoms with Gasteiger partial charge >= 0.3 is 0 Å². The Kier molecular flexibility index (Phi) is 6.16. The van der Waals surface area contributed by atoms with Crippen molar-refractivity contribution >= 4 is 23.2 Å². The zero-order chi connectivity index (χ0) is 21.8. The monoisotopic (exact) mass is 416 g/mol. The molecular weight excluding hydrogens is 388 g/mol. The van der Waals surface area contributed by atoms with Gasteiger partial charge in [0.2, 0.25) is 5.91 Å². The number of carbonyl (C=O) groups excluding carboxylic acids is 2. The highest BCUT2D eigenvalue weighted by Gasteiger charge is 2.24. The summed E-state index contributed by atoms with van der Waals surface area (Å²) in [5.41, 5.74) is 5.05. The Morgan fingerprint density at radius 2 is 1.52 bits per heavy atom. The Bertz CT molecular complexity index is 1070. The lowest BCUT2D eigenvalue weighted by molar-refractivity contribution is -0.118. The van der Waals surface area contributed by atoms with Crippen molar-refractivity contribution in [2.75, 3.05) is 10.6 Å². The number of para-hydroxylation sites is 1. The van der Waals surface area contributed by atoms with E-state index in [-0.39, 0.29) is 17.7 Å². The summed E-state index contributed by atoms with van der Waals surface area (Å²) >= 11 is 0. The smallest absolute Gasteiger partial charge is 0.276 e. The summed E-state index contributed by atoms with van der Waals surface area (Å²) in [4.78, 5) is 25.0. The van der Waals surface area contributed by atoms with Crippen LogP contribution in [-0.4, -0.2) is 21.6 Å². The van der Waals surface area contributed by atoms with Crippen LogP contribution in [0.25, 0.3) is 5.69 Å². The van der Waals surface area contributed by atoms with Crippen LogP contribution in [0.4, 0.5) is 11.4 Å². The number of nitrogens with one attached hydrogen (secondary N) is 2. The van der Waals surface area contributed by atoms with Gasteiger partial charge in [0.05, 0.1) is 5.69 Å². The summed E-state index contributed by atoms with van der Waals surface area (Å²) in [6, 6.07) is 17.2. The highest BCUT2D eigenvalue weighted by atomic mass is 16.2. The van der Waals surface area contributed by atoms with Crippen molar-refractivity contribution in [1.29, 1.82) is 0 Å². The molecule has 0 unspecified atom stereocenters. The number of carbonyl (C=O) groups is 2. The van der Waals surface area contributed by atoms with E-state index in [2.05, 4.69) is 10.6 Å². The van der Waals surface area contributed by atoms with Crippen LogP contribution in [0, 0.1) is 5.92 Å². The molecule has 0 aliphatic heterocycles. The molecule has 4 rings (SSSR count). The van der Waals surface area contributed by atoms with E-state index in [4.69, 9.17) is 5.10 Å². The maximum absolute atomic E-state index is 13.1. The first-order valence-corrected chi connectivity index (χ1v) is 10.9. The van der Waals surface area contributed by atoms with Gasteiger partial charge < -0.3 is 10.6 Å². The minimum absolute atomic E-state index is 0.0362. The molecule has 6 heteroatoms. The van der Waals surface area contributed by atoms with Gasteiger partial charge in [-0.1, -0.05) is 38.5 Å². The maximum Gasteiger partial charge on any atom is 0.276 e. The van der Waals surface area contributed by atoms with Crippen LogP contribution in [0.5, 0.6) is 0 Å². The largest absolute Gasteiger partial charge is 0.326 e. The second-order valence-corrected chi connectivity index (χ2v) is 8.26. The molecule has 31 heavy (non-hydrogen) atoms.